The molecule has 0 aliphatic rings. The van der Waals surface area contributed by atoms with Crippen molar-refractivity contribution in [3.8, 4) is 5.88 Å². The molecule has 0 spiro atoms. The van der Waals surface area contributed by atoms with Gasteiger partial charge in [-0.05, 0) is 13.0 Å². The van der Waals surface area contributed by atoms with Gasteiger partial charge in [0.1, 0.15) is 11.3 Å². The highest BCUT2D eigenvalue weighted by molar-refractivity contribution is 5.54. The Kier molecular flexibility index (Phi) is 1.24. The van der Waals surface area contributed by atoms with E-state index in [1.54, 1.807) is 29.7 Å². The molecule has 0 atom stereocenters. The Balaban J connectivity index is 2.87. The summed E-state index contributed by atoms with van der Waals surface area (Å²) in [4.78, 5) is 4.11. The monoisotopic (exact) mass is 163 g/mol. The van der Waals surface area contributed by atoms with E-state index in [1.165, 1.54) is 0 Å². The number of nitrogen functional groups attached to an aromatic ring is 1. The summed E-state index contributed by atoms with van der Waals surface area (Å²) >= 11 is 0. The molecule has 4 heteroatoms. The third-order valence-electron chi connectivity index (χ3n) is 1.79. The van der Waals surface area contributed by atoms with Crippen LogP contribution >= 0.6 is 0 Å². The molecule has 62 valence electrons. The maximum Gasteiger partial charge on any atom is 0.218 e. The van der Waals surface area contributed by atoms with Gasteiger partial charge >= 0.3 is 0 Å². The third kappa shape index (κ3) is 0.812. The number of pyridine rings is 1. The molecule has 0 aromatic carbocycles. The van der Waals surface area contributed by atoms with Crippen molar-refractivity contribution in [1.82, 2.24) is 9.38 Å². The first kappa shape index (κ1) is 6.97. The van der Waals surface area contributed by atoms with Gasteiger partial charge in [-0.1, -0.05) is 0 Å². The van der Waals surface area contributed by atoms with Crippen molar-refractivity contribution < 1.29 is 5.11 Å². The smallest absolute Gasteiger partial charge is 0.218 e. The number of nitrogens with zero attached hydrogens (tertiary/aromatic N) is 2. The molecule has 2 heterocycles. The van der Waals surface area contributed by atoms with Gasteiger partial charge in [0.05, 0.1) is 0 Å². The lowest BCUT2D eigenvalue weighted by atomic mass is 10.4. The number of aromatic hydroxyl groups is 1. The summed E-state index contributed by atoms with van der Waals surface area (Å²) < 4.78 is 1.59. The number of nitrogens with two attached hydrogens (primary N) is 1. The first-order valence-electron chi connectivity index (χ1n) is 3.61. The maximum atomic E-state index is 9.45. The van der Waals surface area contributed by atoms with Crippen molar-refractivity contribution in [1.29, 1.82) is 0 Å². The van der Waals surface area contributed by atoms with Gasteiger partial charge in [-0.25, -0.2) is 4.98 Å². The highest BCUT2D eigenvalue weighted by atomic mass is 16.3. The summed E-state index contributed by atoms with van der Waals surface area (Å²) in [6.45, 7) is 1.75. The van der Waals surface area contributed by atoms with Crippen LogP contribution in [-0.2, 0) is 0 Å². The summed E-state index contributed by atoms with van der Waals surface area (Å²) in [6.07, 6.45) is 1.69. The molecule has 0 fully saturated rings. The van der Waals surface area contributed by atoms with E-state index in [0.717, 1.165) is 0 Å². The summed E-state index contributed by atoms with van der Waals surface area (Å²) in [7, 11) is 0. The lowest BCUT2D eigenvalue weighted by molar-refractivity contribution is 0.444. The average molecular weight is 163 g/mol. The number of rotatable bonds is 0. The Hall–Kier alpha value is -1.71. The predicted octanol–water partition coefficient (Wildman–Crippen LogP) is 0.931. The lowest BCUT2D eigenvalue weighted by Gasteiger charge is -1.95. The molecular weight excluding hydrogens is 154 g/mol. The molecule has 0 aliphatic heterocycles. The van der Waals surface area contributed by atoms with Crippen LogP contribution in [0.3, 0.4) is 0 Å². The molecule has 0 bridgehead atoms. The molecule has 0 amide bonds. The molecule has 12 heavy (non-hydrogen) atoms. The topological polar surface area (TPSA) is 63.5 Å². The van der Waals surface area contributed by atoms with E-state index < -0.39 is 0 Å². The molecule has 0 aliphatic carbocycles. The minimum atomic E-state index is 0.171. The number of fused-ring (bicyclic) bond motifs is 1. The lowest BCUT2D eigenvalue weighted by Crippen LogP contribution is -1.88. The van der Waals surface area contributed by atoms with Crippen molar-refractivity contribution in [2.24, 2.45) is 0 Å². The van der Waals surface area contributed by atoms with E-state index in [-0.39, 0.29) is 5.88 Å². The number of anilines is 1. The molecular formula is C8H9N3O. The van der Waals surface area contributed by atoms with Crippen LogP contribution in [0.1, 0.15) is 5.69 Å². The number of aromatic nitrogens is 2. The molecule has 0 saturated heterocycles. The number of hydrogen-bond donors (Lipinski definition) is 2. The largest absolute Gasteiger partial charge is 0.493 e. The minimum absolute atomic E-state index is 0.171. The second-order valence-corrected chi connectivity index (χ2v) is 2.71. The first-order chi connectivity index (χ1) is 5.68. The molecule has 3 N–H and O–H groups in total. The van der Waals surface area contributed by atoms with E-state index in [4.69, 9.17) is 5.73 Å². The molecule has 0 unspecified atom stereocenters. The minimum Gasteiger partial charge on any atom is -0.493 e. The van der Waals surface area contributed by atoms with E-state index in [2.05, 4.69) is 4.98 Å². The van der Waals surface area contributed by atoms with Crippen molar-refractivity contribution in [2.75, 3.05) is 5.73 Å². The second kappa shape index (κ2) is 2.14. The fraction of sp³-hybridized carbons (Fsp3) is 0.125. The van der Waals surface area contributed by atoms with Crippen LogP contribution in [0.15, 0.2) is 18.3 Å². The standard InChI is InChI=1S/C8H9N3O/c1-5-8(12)11-3-2-6(9)4-7(11)10-5/h2-4,12H,9H2,1H3. The number of imidazole rings is 1. The zero-order chi connectivity index (χ0) is 8.72. The Morgan fingerprint density at radius 3 is 3.08 bits per heavy atom. The second-order valence-electron chi connectivity index (χ2n) is 2.71. The van der Waals surface area contributed by atoms with Crippen molar-refractivity contribution in [2.45, 2.75) is 6.92 Å². The molecule has 4 nitrogen and oxygen atoms in total. The quantitative estimate of drug-likeness (QED) is 0.607. The van der Waals surface area contributed by atoms with Crippen LogP contribution in [0, 0.1) is 6.92 Å². The van der Waals surface area contributed by atoms with Crippen LogP contribution in [0.4, 0.5) is 5.69 Å². The summed E-state index contributed by atoms with van der Waals surface area (Å²) in [5.74, 6) is 0.171. The number of aryl methyl sites for hydroxylation is 1. The predicted molar refractivity (Wildman–Crippen MR) is 46.0 cm³/mol. The van der Waals surface area contributed by atoms with Gasteiger partial charge in [0, 0.05) is 18.0 Å². The summed E-state index contributed by atoms with van der Waals surface area (Å²) in [5.41, 5.74) is 7.48. The Morgan fingerprint density at radius 2 is 2.33 bits per heavy atom. The van der Waals surface area contributed by atoms with Crippen LogP contribution in [0.2, 0.25) is 0 Å². The molecule has 2 rings (SSSR count). The zero-order valence-corrected chi connectivity index (χ0v) is 6.65. The van der Waals surface area contributed by atoms with Crippen LogP contribution in [0.25, 0.3) is 5.65 Å². The van der Waals surface area contributed by atoms with Gasteiger partial charge in [0.2, 0.25) is 5.88 Å². The normalized spacial score (nSPS) is 10.8. The van der Waals surface area contributed by atoms with Gasteiger partial charge in [-0.3, -0.25) is 4.40 Å². The van der Waals surface area contributed by atoms with Crippen molar-refractivity contribution in [3.63, 3.8) is 0 Å². The fourth-order valence-electron chi connectivity index (χ4n) is 1.17. The third-order valence-corrected chi connectivity index (χ3v) is 1.79. The van der Waals surface area contributed by atoms with Crippen LogP contribution in [-0.4, -0.2) is 14.5 Å². The van der Waals surface area contributed by atoms with Gasteiger partial charge in [-0.15, -0.1) is 0 Å². The molecule has 2 aromatic heterocycles. The molecule has 0 radical (unpaired) electrons. The van der Waals surface area contributed by atoms with Gasteiger partial charge in [-0.2, -0.15) is 0 Å². The highest BCUT2D eigenvalue weighted by Crippen LogP contribution is 2.19. The SMILES string of the molecule is Cc1nc2cc(N)ccn2c1O. The highest BCUT2D eigenvalue weighted by Gasteiger charge is 2.05. The summed E-state index contributed by atoms with van der Waals surface area (Å²) in [5, 5.41) is 9.45. The van der Waals surface area contributed by atoms with E-state index in [1.807, 2.05) is 0 Å². The van der Waals surface area contributed by atoms with Gasteiger partial charge in [0.15, 0.2) is 0 Å². The van der Waals surface area contributed by atoms with Crippen molar-refractivity contribution >= 4 is 11.3 Å². The molecule has 2 aromatic rings. The van der Waals surface area contributed by atoms with Crippen molar-refractivity contribution in [3.05, 3.63) is 24.0 Å². The van der Waals surface area contributed by atoms with Gasteiger partial charge in [0.25, 0.3) is 0 Å². The van der Waals surface area contributed by atoms with Gasteiger partial charge < -0.3 is 10.8 Å². The average Bonchev–Trinajstić information content (AvgIpc) is 2.28. The molecule has 0 saturated carbocycles. The Bertz CT molecular complexity index is 433. The van der Waals surface area contributed by atoms with E-state index in [9.17, 15) is 5.11 Å². The number of hydrogen-bond acceptors (Lipinski definition) is 3. The Morgan fingerprint density at radius 1 is 1.58 bits per heavy atom. The first-order valence-corrected chi connectivity index (χ1v) is 3.61. The van der Waals surface area contributed by atoms with Crippen LogP contribution in [0.5, 0.6) is 5.88 Å². The van der Waals surface area contributed by atoms with E-state index >= 15 is 0 Å². The maximum absolute atomic E-state index is 9.45. The zero-order valence-electron chi connectivity index (χ0n) is 6.65. The van der Waals surface area contributed by atoms with Crippen LogP contribution < -0.4 is 5.73 Å². The fourth-order valence-corrected chi connectivity index (χ4v) is 1.17. The Labute approximate surface area is 69.3 Å². The summed E-state index contributed by atoms with van der Waals surface area (Å²) in [6, 6.07) is 3.43. The van der Waals surface area contributed by atoms with E-state index in [0.29, 0.717) is 17.0 Å².